The molecule has 2 saturated carbocycles. The summed E-state index contributed by atoms with van der Waals surface area (Å²) in [5.74, 6) is -0.815. The van der Waals surface area contributed by atoms with E-state index in [0.717, 1.165) is 64.2 Å². The van der Waals surface area contributed by atoms with Crippen LogP contribution in [0.1, 0.15) is 64.2 Å². The summed E-state index contributed by atoms with van der Waals surface area (Å²) in [4.78, 5) is 45.4. The Labute approximate surface area is 166 Å². The maximum Gasteiger partial charge on any atom is 0.410 e. The molecule has 0 aromatic heterocycles. The normalized spacial score (nSPS) is 20.8. The van der Waals surface area contributed by atoms with E-state index in [1.165, 1.54) is 0 Å². The highest BCUT2D eigenvalue weighted by Crippen LogP contribution is 2.45. The van der Waals surface area contributed by atoms with E-state index in [1.54, 1.807) is 0 Å². The number of carbonyl (C=O) groups excluding carboxylic acids is 3. The predicted octanol–water partition coefficient (Wildman–Crippen LogP) is 3.21. The number of hydrogen-bond acceptors (Lipinski definition) is 6. The van der Waals surface area contributed by atoms with Crippen molar-refractivity contribution in [1.29, 1.82) is 0 Å². The van der Waals surface area contributed by atoms with E-state index in [-0.39, 0.29) is 30.5 Å². The van der Waals surface area contributed by atoms with Gasteiger partial charge in [0.15, 0.2) is 5.78 Å². The molecule has 1 amide bonds. The van der Waals surface area contributed by atoms with Crippen LogP contribution >= 0.6 is 7.37 Å². The number of rotatable bonds is 9. The van der Waals surface area contributed by atoms with Gasteiger partial charge in [0.2, 0.25) is 14.2 Å². The van der Waals surface area contributed by atoms with Gasteiger partial charge in [0, 0.05) is 6.16 Å². The van der Waals surface area contributed by atoms with E-state index in [9.17, 15) is 23.8 Å². The number of carbonyl (C=O) groups is 3. The van der Waals surface area contributed by atoms with Crippen molar-refractivity contribution in [3.8, 4) is 0 Å². The third-order valence-electron chi connectivity index (χ3n) is 5.45. The minimum Gasteiger partial charge on any atom is -0.428 e. The third kappa shape index (κ3) is 8.74. The molecular weight excluding hydrogens is 385 g/mol. The second-order valence-corrected chi connectivity index (χ2v) is 10.3. The molecule has 8 nitrogen and oxygen atoms in total. The van der Waals surface area contributed by atoms with Gasteiger partial charge in [-0.3, -0.25) is 14.2 Å². The molecule has 2 N–H and O–H groups in total. The molecular formula is C19H32NO7P. The van der Waals surface area contributed by atoms with Crippen LogP contribution in [-0.4, -0.2) is 48.4 Å². The first-order chi connectivity index (χ1) is 13.4. The van der Waals surface area contributed by atoms with Crippen molar-refractivity contribution in [1.82, 2.24) is 5.32 Å². The molecule has 0 radical (unpaired) electrons. The summed E-state index contributed by atoms with van der Waals surface area (Å²) in [6.07, 6.45) is 8.69. The van der Waals surface area contributed by atoms with Crippen molar-refractivity contribution in [2.45, 2.75) is 64.2 Å². The highest BCUT2D eigenvalue weighted by Gasteiger charge is 2.28. The number of hydrogen-bond donors (Lipinski definition) is 2. The van der Waals surface area contributed by atoms with Crippen LogP contribution in [0, 0.1) is 11.8 Å². The monoisotopic (exact) mass is 417 g/mol. The maximum atomic E-state index is 12.3. The van der Waals surface area contributed by atoms with E-state index < -0.39 is 32.2 Å². The van der Waals surface area contributed by atoms with Crippen LogP contribution in [0.4, 0.5) is 4.79 Å². The van der Waals surface area contributed by atoms with Crippen molar-refractivity contribution in [2.24, 2.45) is 11.8 Å². The molecule has 0 aromatic rings. The lowest BCUT2D eigenvalue weighted by molar-refractivity contribution is -0.158. The van der Waals surface area contributed by atoms with Crippen LogP contribution in [0.2, 0.25) is 0 Å². The summed E-state index contributed by atoms with van der Waals surface area (Å²) in [7, 11) is -3.54. The zero-order chi connectivity index (χ0) is 20.4. The Hall–Kier alpha value is -1.40. The minimum absolute atomic E-state index is 0.134. The van der Waals surface area contributed by atoms with E-state index in [0.29, 0.717) is 0 Å². The highest BCUT2D eigenvalue weighted by molar-refractivity contribution is 7.59. The van der Waals surface area contributed by atoms with Gasteiger partial charge in [-0.1, -0.05) is 38.5 Å². The number of amides is 1. The average molecular weight is 417 g/mol. The van der Waals surface area contributed by atoms with Crippen molar-refractivity contribution >= 4 is 25.2 Å². The fourth-order valence-electron chi connectivity index (χ4n) is 3.99. The zero-order valence-corrected chi connectivity index (χ0v) is 17.3. The van der Waals surface area contributed by atoms with Crippen molar-refractivity contribution < 1.29 is 33.3 Å². The van der Waals surface area contributed by atoms with Gasteiger partial charge in [0.25, 0.3) is 0 Å². The first-order valence-corrected chi connectivity index (χ1v) is 12.3. The number of nitrogens with one attached hydrogen (secondary N) is 1. The van der Waals surface area contributed by atoms with Gasteiger partial charge in [-0.15, -0.1) is 0 Å². The van der Waals surface area contributed by atoms with Gasteiger partial charge in [-0.2, -0.15) is 0 Å². The van der Waals surface area contributed by atoms with E-state index >= 15 is 0 Å². The first-order valence-electron chi connectivity index (χ1n) is 10.3. The molecule has 2 fully saturated rings. The van der Waals surface area contributed by atoms with Crippen LogP contribution in [0.15, 0.2) is 0 Å². The predicted molar refractivity (Wildman–Crippen MR) is 103 cm³/mol. The first kappa shape index (κ1) is 22.9. The van der Waals surface area contributed by atoms with Crippen molar-refractivity contribution in [3.05, 3.63) is 0 Å². The largest absolute Gasteiger partial charge is 0.428 e. The third-order valence-corrected chi connectivity index (χ3v) is 7.39. The molecule has 2 aliphatic rings. The second kappa shape index (κ2) is 11.6. The maximum absolute atomic E-state index is 12.3. The van der Waals surface area contributed by atoms with Crippen LogP contribution in [0.5, 0.6) is 0 Å². The molecule has 0 heterocycles. The van der Waals surface area contributed by atoms with Gasteiger partial charge in [0.1, 0.15) is 0 Å². The van der Waals surface area contributed by atoms with Crippen LogP contribution in [0.25, 0.3) is 0 Å². The lowest BCUT2D eigenvalue weighted by atomic mass is 9.89. The Kier molecular flexibility index (Phi) is 9.45. The van der Waals surface area contributed by atoms with Crippen LogP contribution in [0.3, 0.4) is 0 Å². The van der Waals surface area contributed by atoms with Crippen LogP contribution in [-0.2, 0) is 23.6 Å². The molecule has 9 heteroatoms. The van der Waals surface area contributed by atoms with Gasteiger partial charge in [-0.25, -0.2) is 4.79 Å². The van der Waals surface area contributed by atoms with Crippen LogP contribution < -0.4 is 5.32 Å². The number of Topliss-reactive ketones (excluding diaryl/α,β-unsaturated/α-hetero) is 1. The molecule has 0 bridgehead atoms. The summed E-state index contributed by atoms with van der Waals surface area (Å²) in [6.45, 7) is -0.889. The molecule has 1 unspecified atom stereocenters. The molecule has 2 aliphatic carbocycles. The smallest absolute Gasteiger partial charge is 0.410 e. The fourth-order valence-corrected chi connectivity index (χ4v) is 5.95. The van der Waals surface area contributed by atoms with Gasteiger partial charge >= 0.3 is 12.1 Å². The lowest BCUT2D eigenvalue weighted by Gasteiger charge is -2.23. The summed E-state index contributed by atoms with van der Waals surface area (Å²) >= 11 is 0. The SMILES string of the molecule is O=C(CNC(=O)OCOC(=O)C1CCCCC1)CP(=O)(O)CC1CCCCC1. The molecule has 160 valence electrons. The Morgan fingerprint density at radius 1 is 0.929 bits per heavy atom. The molecule has 0 aromatic carbocycles. The van der Waals surface area contributed by atoms with Gasteiger partial charge in [-0.05, 0) is 31.6 Å². The molecule has 1 atom stereocenters. The summed E-state index contributed by atoms with van der Waals surface area (Å²) in [6, 6.07) is 0. The molecule has 0 aliphatic heterocycles. The average Bonchev–Trinajstić information content (AvgIpc) is 2.67. The summed E-state index contributed by atoms with van der Waals surface area (Å²) in [5, 5.41) is 2.23. The highest BCUT2D eigenvalue weighted by atomic mass is 31.2. The van der Waals surface area contributed by atoms with Crippen molar-refractivity contribution in [2.75, 3.05) is 25.7 Å². The minimum atomic E-state index is -3.54. The Balaban J connectivity index is 1.58. The van der Waals surface area contributed by atoms with E-state index in [4.69, 9.17) is 9.47 Å². The number of alkyl carbamates (subject to hydrolysis) is 1. The zero-order valence-electron chi connectivity index (χ0n) is 16.4. The topological polar surface area (TPSA) is 119 Å². The fraction of sp³-hybridized carbons (Fsp3) is 0.842. The quantitative estimate of drug-likeness (QED) is 0.336. The Morgan fingerprint density at radius 2 is 1.54 bits per heavy atom. The molecule has 28 heavy (non-hydrogen) atoms. The summed E-state index contributed by atoms with van der Waals surface area (Å²) < 4.78 is 21.9. The standard InChI is InChI=1S/C19H32NO7P/c21-17(13-28(24,25)12-15-7-3-1-4-8-15)11-20-19(23)27-14-26-18(22)16-9-5-2-6-10-16/h15-16H,1-14H2,(H,20,23)(H,24,25). The molecule has 0 spiro atoms. The molecule has 2 rings (SSSR count). The van der Waals surface area contributed by atoms with E-state index in [2.05, 4.69) is 5.32 Å². The second-order valence-electron chi connectivity index (χ2n) is 7.93. The number of esters is 1. The number of ketones is 1. The molecule has 0 saturated heterocycles. The Morgan fingerprint density at radius 3 is 2.18 bits per heavy atom. The van der Waals surface area contributed by atoms with Gasteiger partial charge in [0.05, 0.1) is 18.6 Å². The van der Waals surface area contributed by atoms with E-state index in [1.807, 2.05) is 0 Å². The Bertz CT molecular complexity index is 583. The summed E-state index contributed by atoms with van der Waals surface area (Å²) in [5.41, 5.74) is 0. The lowest BCUT2D eigenvalue weighted by Crippen LogP contribution is -2.33. The van der Waals surface area contributed by atoms with Gasteiger partial charge < -0.3 is 19.7 Å². The van der Waals surface area contributed by atoms with Crippen molar-refractivity contribution in [3.63, 3.8) is 0 Å². The number of ether oxygens (including phenoxy) is 2.